The fourth-order valence-electron chi connectivity index (χ4n) is 3.94. The first kappa shape index (κ1) is 21.4. The van der Waals surface area contributed by atoms with Crippen molar-refractivity contribution in [1.29, 1.82) is 0 Å². The molecule has 0 N–H and O–H groups in total. The third-order valence-corrected chi connectivity index (χ3v) is 5.90. The number of amides is 2. The van der Waals surface area contributed by atoms with Gasteiger partial charge in [0.2, 0.25) is 11.8 Å². The highest BCUT2D eigenvalue weighted by Gasteiger charge is 2.37. The van der Waals surface area contributed by atoms with Gasteiger partial charge >= 0.3 is 0 Å². The van der Waals surface area contributed by atoms with Crippen LogP contribution in [0.15, 0.2) is 54.6 Å². The Morgan fingerprint density at radius 1 is 1.03 bits per heavy atom. The van der Waals surface area contributed by atoms with Crippen molar-refractivity contribution in [3.05, 3.63) is 65.7 Å². The summed E-state index contributed by atoms with van der Waals surface area (Å²) in [5, 5.41) is 0. The summed E-state index contributed by atoms with van der Waals surface area (Å²) in [5.41, 5.74) is 2.20. The minimum atomic E-state index is -0.226. The molecule has 1 aliphatic heterocycles. The third-order valence-electron chi connectivity index (χ3n) is 5.90. The van der Waals surface area contributed by atoms with Gasteiger partial charge in [0, 0.05) is 25.6 Å². The Morgan fingerprint density at radius 2 is 1.81 bits per heavy atom. The normalized spacial score (nSPS) is 19.3. The summed E-state index contributed by atoms with van der Waals surface area (Å²) in [6.45, 7) is 2.11. The number of methoxy groups -OCH3 is 1. The lowest BCUT2D eigenvalue weighted by atomic mass is 10.1. The van der Waals surface area contributed by atoms with Gasteiger partial charge in [-0.25, -0.2) is 0 Å². The van der Waals surface area contributed by atoms with Gasteiger partial charge in [0.25, 0.3) is 0 Å². The van der Waals surface area contributed by atoms with E-state index in [1.165, 1.54) is 5.56 Å². The molecule has 1 heterocycles. The lowest BCUT2D eigenvalue weighted by molar-refractivity contribution is -0.139. The summed E-state index contributed by atoms with van der Waals surface area (Å²) in [7, 11) is 1.64. The number of nitrogens with zero attached hydrogens (tertiary/aromatic N) is 2. The molecule has 0 bridgehead atoms. The molecule has 31 heavy (non-hydrogen) atoms. The van der Waals surface area contributed by atoms with E-state index in [1.807, 2.05) is 47.4 Å². The van der Waals surface area contributed by atoms with Crippen molar-refractivity contribution in [2.75, 3.05) is 33.3 Å². The Balaban J connectivity index is 1.43. The molecule has 0 radical (unpaired) electrons. The van der Waals surface area contributed by atoms with E-state index in [2.05, 4.69) is 12.1 Å². The van der Waals surface area contributed by atoms with Crippen molar-refractivity contribution >= 4 is 11.8 Å². The molecule has 1 saturated heterocycles. The van der Waals surface area contributed by atoms with Crippen LogP contribution < -0.4 is 4.74 Å². The summed E-state index contributed by atoms with van der Waals surface area (Å²) >= 11 is 0. The zero-order chi connectivity index (χ0) is 21.6. The lowest BCUT2D eigenvalue weighted by Gasteiger charge is -2.25. The number of benzene rings is 2. The van der Waals surface area contributed by atoms with E-state index in [0.29, 0.717) is 26.2 Å². The van der Waals surface area contributed by atoms with Gasteiger partial charge in [-0.05, 0) is 42.5 Å². The fourth-order valence-corrected chi connectivity index (χ4v) is 3.94. The van der Waals surface area contributed by atoms with Gasteiger partial charge in [-0.3, -0.25) is 9.59 Å². The van der Waals surface area contributed by atoms with E-state index in [9.17, 15) is 9.59 Å². The second-order valence-electron chi connectivity index (χ2n) is 8.35. The van der Waals surface area contributed by atoms with Crippen LogP contribution in [0.5, 0.6) is 5.75 Å². The Hall–Kier alpha value is -2.86. The van der Waals surface area contributed by atoms with E-state index in [0.717, 1.165) is 30.6 Å². The molecule has 164 valence electrons. The molecule has 6 nitrogen and oxygen atoms in total. The maximum absolute atomic E-state index is 13.0. The number of carbonyl (C=O) groups is 2. The summed E-state index contributed by atoms with van der Waals surface area (Å²) < 4.78 is 11.5. The monoisotopic (exact) mass is 422 g/mol. The van der Waals surface area contributed by atoms with Crippen LogP contribution >= 0.6 is 0 Å². The van der Waals surface area contributed by atoms with Gasteiger partial charge in [0.1, 0.15) is 5.75 Å². The predicted octanol–water partition coefficient (Wildman–Crippen LogP) is 2.90. The number of hydrogen-bond acceptors (Lipinski definition) is 4. The molecule has 1 aliphatic carbocycles. The van der Waals surface area contributed by atoms with Gasteiger partial charge in [-0.1, -0.05) is 42.5 Å². The third kappa shape index (κ3) is 5.85. The molecule has 2 aliphatic rings. The minimum absolute atomic E-state index is 0.00240. The summed E-state index contributed by atoms with van der Waals surface area (Å²) in [6, 6.07) is 17.9. The van der Waals surface area contributed by atoms with Crippen LogP contribution in [0.1, 0.15) is 24.0 Å². The Morgan fingerprint density at radius 3 is 2.55 bits per heavy atom. The quantitative estimate of drug-likeness (QED) is 0.656. The van der Waals surface area contributed by atoms with Gasteiger partial charge in [-0.2, -0.15) is 0 Å². The highest BCUT2D eigenvalue weighted by atomic mass is 16.5. The van der Waals surface area contributed by atoms with E-state index < -0.39 is 0 Å². The number of hydrogen-bond donors (Lipinski definition) is 0. The zero-order valence-corrected chi connectivity index (χ0v) is 18.0. The van der Waals surface area contributed by atoms with Crippen molar-refractivity contribution in [1.82, 2.24) is 9.80 Å². The molecule has 6 heteroatoms. The van der Waals surface area contributed by atoms with Crippen LogP contribution in [-0.2, 0) is 27.4 Å². The van der Waals surface area contributed by atoms with Crippen molar-refractivity contribution in [3.8, 4) is 5.75 Å². The van der Waals surface area contributed by atoms with Gasteiger partial charge < -0.3 is 19.3 Å². The largest absolute Gasteiger partial charge is 0.497 e. The van der Waals surface area contributed by atoms with E-state index in [1.54, 1.807) is 12.0 Å². The zero-order valence-electron chi connectivity index (χ0n) is 18.0. The molecule has 1 unspecified atom stereocenters. The maximum Gasteiger partial charge on any atom is 0.242 e. The van der Waals surface area contributed by atoms with Gasteiger partial charge in [0.15, 0.2) is 0 Å². The van der Waals surface area contributed by atoms with Crippen molar-refractivity contribution in [2.24, 2.45) is 5.92 Å². The van der Waals surface area contributed by atoms with Crippen LogP contribution in [0.25, 0.3) is 0 Å². The van der Waals surface area contributed by atoms with Crippen LogP contribution in [0, 0.1) is 5.92 Å². The van der Waals surface area contributed by atoms with E-state index in [4.69, 9.17) is 9.47 Å². The topological polar surface area (TPSA) is 59.1 Å². The molecule has 1 atom stereocenters. The second kappa shape index (κ2) is 9.96. The van der Waals surface area contributed by atoms with Crippen LogP contribution in [0.2, 0.25) is 0 Å². The number of rotatable bonds is 8. The predicted molar refractivity (Wildman–Crippen MR) is 118 cm³/mol. The summed E-state index contributed by atoms with van der Waals surface area (Å²) in [4.78, 5) is 29.2. The molecule has 2 aromatic carbocycles. The van der Waals surface area contributed by atoms with Gasteiger partial charge in [0.05, 0.1) is 26.4 Å². The molecule has 4 rings (SSSR count). The van der Waals surface area contributed by atoms with E-state index in [-0.39, 0.29) is 30.4 Å². The number of ether oxygens (including phenoxy) is 2. The molecular formula is C25H30N2O4. The molecule has 0 spiro atoms. The minimum Gasteiger partial charge on any atom is -0.497 e. The fraction of sp³-hybridized carbons (Fsp3) is 0.440. The van der Waals surface area contributed by atoms with Gasteiger partial charge in [-0.15, -0.1) is 0 Å². The molecule has 2 aromatic rings. The first-order valence-electron chi connectivity index (χ1n) is 11.0. The van der Waals surface area contributed by atoms with Crippen LogP contribution in [-0.4, -0.2) is 61.0 Å². The average molecular weight is 423 g/mol. The second-order valence-corrected chi connectivity index (χ2v) is 8.35. The Kier molecular flexibility index (Phi) is 6.87. The molecule has 0 aromatic heterocycles. The molecule has 2 amide bonds. The van der Waals surface area contributed by atoms with Crippen molar-refractivity contribution < 1.29 is 19.1 Å². The maximum atomic E-state index is 13.0. The smallest absolute Gasteiger partial charge is 0.242 e. The Bertz CT molecular complexity index is 897. The van der Waals surface area contributed by atoms with Crippen LogP contribution in [0.4, 0.5) is 0 Å². The average Bonchev–Trinajstić information content (AvgIpc) is 3.65. The highest BCUT2D eigenvalue weighted by Crippen LogP contribution is 2.31. The van der Waals surface area contributed by atoms with E-state index >= 15 is 0 Å². The molecule has 2 fully saturated rings. The molecule has 1 saturated carbocycles. The van der Waals surface area contributed by atoms with Crippen molar-refractivity contribution in [3.63, 3.8) is 0 Å². The standard InChI is InChI=1S/C25H30N2O4/c1-30-22-9-5-8-20(14-22)18-31-23-15-26(13-12-19-6-3-2-4-7-19)24(28)17-27(16-23)25(29)21-10-11-21/h2-9,14,21,23H,10-13,15-18H2,1H3. The molecular weight excluding hydrogens is 392 g/mol. The lowest BCUT2D eigenvalue weighted by Crippen LogP contribution is -2.40. The summed E-state index contributed by atoms with van der Waals surface area (Å²) in [5.74, 6) is 0.959. The first-order chi connectivity index (χ1) is 15.1. The SMILES string of the molecule is COc1cccc(COC2CN(CCc3ccccc3)C(=O)CN(C(=O)C3CC3)C2)c1. The Labute approximate surface area is 183 Å². The first-order valence-corrected chi connectivity index (χ1v) is 11.0. The summed E-state index contributed by atoms with van der Waals surface area (Å²) in [6.07, 6.45) is 2.41. The highest BCUT2D eigenvalue weighted by molar-refractivity contribution is 5.87. The van der Waals surface area contributed by atoms with Crippen LogP contribution in [0.3, 0.4) is 0 Å². The number of carbonyl (C=O) groups excluding carboxylic acids is 2. The van der Waals surface area contributed by atoms with Crippen molar-refractivity contribution in [2.45, 2.75) is 32.0 Å².